The molecule has 1 aromatic carbocycles. The Bertz CT molecular complexity index is 1240. The minimum absolute atomic E-state index is 0.0912. The summed E-state index contributed by atoms with van der Waals surface area (Å²) in [7, 11) is 1.66. The van der Waals surface area contributed by atoms with Crippen molar-refractivity contribution in [2.24, 2.45) is 29.6 Å². The number of hydrogen-bond acceptors (Lipinski definition) is 7. The predicted molar refractivity (Wildman–Crippen MR) is 167 cm³/mol. The van der Waals surface area contributed by atoms with Crippen molar-refractivity contribution in [1.82, 2.24) is 4.98 Å². The van der Waals surface area contributed by atoms with E-state index in [-0.39, 0.29) is 42.2 Å². The Morgan fingerprint density at radius 1 is 1.17 bits per heavy atom. The van der Waals surface area contributed by atoms with Crippen LogP contribution in [0.15, 0.2) is 55.3 Å². The van der Waals surface area contributed by atoms with Crippen LogP contribution in [0.25, 0.3) is 17.0 Å². The van der Waals surface area contributed by atoms with Gasteiger partial charge in [0.15, 0.2) is 0 Å². The summed E-state index contributed by atoms with van der Waals surface area (Å²) in [6.45, 7) is 15.4. The summed E-state index contributed by atoms with van der Waals surface area (Å²) in [5, 5.41) is 13.0. The van der Waals surface area contributed by atoms with Crippen LogP contribution in [-0.4, -0.2) is 59.5 Å². The number of ketones is 1. The number of allylic oxidation sites excluding steroid dienone is 1. The molecule has 0 bridgehead atoms. The van der Waals surface area contributed by atoms with Crippen LogP contribution in [0.1, 0.15) is 66.4 Å². The Labute approximate surface area is 251 Å². The lowest BCUT2D eigenvalue weighted by molar-refractivity contribution is -0.197. The highest BCUT2D eigenvalue weighted by Crippen LogP contribution is 2.35. The van der Waals surface area contributed by atoms with Gasteiger partial charge < -0.3 is 19.3 Å². The number of ether oxygens (including phenoxy) is 3. The third kappa shape index (κ3) is 7.94. The van der Waals surface area contributed by atoms with E-state index in [4.69, 9.17) is 14.2 Å². The van der Waals surface area contributed by atoms with E-state index >= 15 is 0 Å². The topological polar surface area (TPSA) is 95.0 Å². The van der Waals surface area contributed by atoms with Crippen LogP contribution in [0.3, 0.4) is 0 Å². The van der Waals surface area contributed by atoms with Gasteiger partial charge in [0.05, 0.1) is 30.2 Å². The van der Waals surface area contributed by atoms with Crippen molar-refractivity contribution in [2.75, 3.05) is 13.7 Å². The summed E-state index contributed by atoms with van der Waals surface area (Å²) in [6, 6.07) is 9.94. The van der Waals surface area contributed by atoms with Crippen LogP contribution in [-0.2, 0) is 23.8 Å². The van der Waals surface area contributed by atoms with Gasteiger partial charge in [0.1, 0.15) is 17.5 Å². The third-order valence-corrected chi connectivity index (χ3v) is 9.10. The number of cyclic esters (lactones) is 1. The number of rotatable bonds is 7. The Morgan fingerprint density at radius 3 is 2.55 bits per heavy atom. The van der Waals surface area contributed by atoms with Crippen molar-refractivity contribution in [3.05, 3.63) is 60.8 Å². The molecule has 2 heterocycles. The normalized spacial score (nSPS) is 33.8. The van der Waals surface area contributed by atoms with Crippen LogP contribution < -0.4 is 0 Å². The average molecular weight is 580 g/mol. The molecule has 0 aliphatic carbocycles. The Balaban J connectivity index is 1.92. The maximum Gasteiger partial charge on any atom is 0.309 e. The number of pyridine rings is 1. The minimum atomic E-state index is -1.63. The lowest BCUT2D eigenvalue weighted by Crippen LogP contribution is -2.57. The smallest absolute Gasteiger partial charge is 0.309 e. The number of esters is 1. The number of carbonyl (C=O) groups is 2. The van der Waals surface area contributed by atoms with E-state index in [2.05, 4.69) is 25.4 Å². The number of para-hydroxylation sites is 1. The van der Waals surface area contributed by atoms with Gasteiger partial charge in [-0.3, -0.25) is 14.6 Å². The fraction of sp³-hybridized carbons (Fsp3) is 0.571. The molecule has 1 saturated heterocycles. The van der Waals surface area contributed by atoms with Crippen molar-refractivity contribution < 1.29 is 28.9 Å². The number of hydrogen-bond donors (Lipinski definition) is 1. The second-order valence-electron chi connectivity index (χ2n) is 12.2. The van der Waals surface area contributed by atoms with Gasteiger partial charge in [-0.05, 0) is 55.7 Å². The molecule has 9 atom stereocenters. The maximum absolute atomic E-state index is 13.9. The third-order valence-electron chi connectivity index (χ3n) is 9.10. The molecule has 2 aromatic rings. The molecule has 1 aliphatic rings. The molecular weight excluding hydrogens is 530 g/mol. The first-order valence-corrected chi connectivity index (χ1v) is 15.2. The molecule has 0 spiro atoms. The van der Waals surface area contributed by atoms with Gasteiger partial charge in [-0.1, -0.05) is 71.0 Å². The predicted octanol–water partition coefficient (Wildman–Crippen LogP) is 6.43. The quantitative estimate of drug-likeness (QED) is 0.298. The second kappa shape index (κ2) is 15.0. The fourth-order valence-corrected chi connectivity index (χ4v) is 6.22. The molecule has 0 amide bonds. The zero-order chi connectivity index (χ0) is 31.0. The van der Waals surface area contributed by atoms with Gasteiger partial charge in [0, 0.05) is 30.5 Å². The largest absolute Gasteiger partial charge is 0.459 e. The van der Waals surface area contributed by atoms with Crippen LogP contribution in [0, 0.1) is 29.6 Å². The summed E-state index contributed by atoms with van der Waals surface area (Å²) in [5.74, 6) is -1.75. The highest BCUT2D eigenvalue weighted by atomic mass is 16.6. The van der Waals surface area contributed by atoms with Gasteiger partial charge in [0.25, 0.3) is 0 Å². The molecule has 7 nitrogen and oxygen atoms in total. The minimum Gasteiger partial charge on any atom is -0.459 e. The number of methoxy groups -OCH3 is 1. The monoisotopic (exact) mass is 579 g/mol. The summed E-state index contributed by atoms with van der Waals surface area (Å²) in [6.07, 6.45) is 6.65. The van der Waals surface area contributed by atoms with Crippen LogP contribution >= 0.6 is 0 Å². The van der Waals surface area contributed by atoms with E-state index < -0.39 is 29.6 Å². The number of nitrogens with zero attached hydrogens (tertiary/aromatic N) is 1. The van der Waals surface area contributed by atoms with Gasteiger partial charge in [0.2, 0.25) is 0 Å². The highest BCUT2D eigenvalue weighted by Gasteiger charge is 2.48. The van der Waals surface area contributed by atoms with E-state index in [0.717, 1.165) is 16.5 Å². The van der Waals surface area contributed by atoms with Crippen molar-refractivity contribution in [3.63, 3.8) is 0 Å². The van der Waals surface area contributed by atoms with Gasteiger partial charge in [-0.25, -0.2) is 0 Å². The Hall–Kier alpha value is -2.87. The molecular formula is C35H49NO6. The molecule has 3 rings (SSSR count). The summed E-state index contributed by atoms with van der Waals surface area (Å²) < 4.78 is 18.1. The molecule has 1 fully saturated rings. The molecule has 230 valence electrons. The fourth-order valence-electron chi connectivity index (χ4n) is 6.22. The zero-order valence-electron chi connectivity index (χ0n) is 26.3. The average Bonchev–Trinajstić information content (AvgIpc) is 2.98. The number of fused-ring (bicyclic) bond motifs is 1. The van der Waals surface area contributed by atoms with E-state index in [0.29, 0.717) is 19.3 Å². The van der Waals surface area contributed by atoms with Gasteiger partial charge in [-0.2, -0.15) is 0 Å². The summed E-state index contributed by atoms with van der Waals surface area (Å²) >= 11 is 0. The Morgan fingerprint density at radius 2 is 1.88 bits per heavy atom. The number of carbonyl (C=O) groups excluding carboxylic acids is 2. The van der Waals surface area contributed by atoms with E-state index in [1.54, 1.807) is 33.2 Å². The maximum atomic E-state index is 13.9. The molecule has 0 saturated carbocycles. The van der Waals surface area contributed by atoms with Gasteiger partial charge in [-0.15, -0.1) is 6.58 Å². The first-order chi connectivity index (χ1) is 19.9. The number of aromatic nitrogens is 1. The molecule has 1 aromatic heterocycles. The molecule has 7 heteroatoms. The number of aliphatic hydroxyl groups is 1. The summed E-state index contributed by atoms with van der Waals surface area (Å²) in [5.41, 5.74) is 0.196. The van der Waals surface area contributed by atoms with Crippen molar-refractivity contribution in [2.45, 2.75) is 84.7 Å². The zero-order valence-corrected chi connectivity index (χ0v) is 26.3. The molecule has 0 radical (unpaired) electrons. The first-order valence-electron chi connectivity index (χ1n) is 15.2. The summed E-state index contributed by atoms with van der Waals surface area (Å²) in [4.78, 5) is 31.6. The molecule has 0 unspecified atom stereocenters. The molecule has 1 N–H and O–H groups in total. The standard InChI is InChI=1S/C35H49NO6/c1-9-27-20-30(40-8)24(5)22(3)18-23(4)34(38)42-31(10-2)35(7,39)33(25(6)32(27)37)41-17-13-14-26-19-28-15-11-12-16-29(28)36-21-26/h9,11-16,19,21-25,27,30-31,33,39H,1,10,17-18,20H2,2-8H3/b14-13+/t22-,23+,24+,25-,27+,30+,31+,33+,35+/m0/s1. The SMILES string of the molecule is C=C[C@@H]1C[C@@H](OC)[C@H](C)[C@@H](C)C[C@@H](C)C(=O)O[C@H](CC)[C@@](C)(O)[C@H](OC/C=C/c2cnc3ccccc3c2)[C@@H](C)C1=O. The lowest BCUT2D eigenvalue weighted by Gasteiger charge is -2.42. The van der Waals surface area contributed by atoms with E-state index in [1.165, 1.54) is 0 Å². The first kappa shape index (κ1) is 33.6. The number of benzene rings is 1. The molecule has 42 heavy (non-hydrogen) atoms. The molecule has 1 aliphatic heterocycles. The second-order valence-corrected chi connectivity index (χ2v) is 12.2. The highest BCUT2D eigenvalue weighted by molar-refractivity contribution is 5.85. The van der Waals surface area contributed by atoms with Crippen LogP contribution in [0.5, 0.6) is 0 Å². The Kier molecular flexibility index (Phi) is 12.0. The van der Waals surface area contributed by atoms with Crippen molar-refractivity contribution in [1.29, 1.82) is 0 Å². The van der Waals surface area contributed by atoms with Gasteiger partial charge >= 0.3 is 5.97 Å². The van der Waals surface area contributed by atoms with Crippen molar-refractivity contribution in [3.8, 4) is 0 Å². The van der Waals surface area contributed by atoms with Crippen LogP contribution in [0.4, 0.5) is 0 Å². The number of Topliss-reactive ketones (excluding diaryl/α,β-unsaturated/α-hetero) is 1. The van der Waals surface area contributed by atoms with E-state index in [1.807, 2.05) is 56.3 Å². The lowest BCUT2D eigenvalue weighted by atomic mass is 9.75. The van der Waals surface area contributed by atoms with Crippen LogP contribution in [0.2, 0.25) is 0 Å². The van der Waals surface area contributed by atoms with E-state index in [9.17, 15) is 14.7 Å². The van der Waals surface area contributed by atoms with Crippen molar-refractivity contribution >= 4 is 28.7 Å².